The van der Waals surface area contributed by atoms with Gasteiger partial charge in [0, 0.05) is 18.9 Å². The van der Waals surface area contributed by atoms with Crippen LogP contribution >= 0.6 is 0 Å². The summed E-state index contributed by atoms with van der Waals surface area (Å²) in [7, 11) is 0. The minimum absolute atomic E-state index is 0.131. The van der Waals surface area contributed by atoms with Crippen LogP contribution in [0.5, 0.6) is 0 Å². The molecule has 19 heavy (non-hydrogen) atoms. The number of aromatic nitrogens is 2. The Morgan fingerprint density at radius 3 is 2.68 bits per heavy atom. The van der Waals surface area contributed by atoms with Gasteiger partial charge in [-0.2, -0.15) is 18.3 Å². The van der Waals surface area contributed by atoms with E-state index in [0.717, 1.165) is 0 Å². The molecule has 2 heterocycles. The average Bonchev–Trinajstić information content (AvgIpc) is 2.33. The van der Waals surface area contributed by atoms with Crippen molar-refractivity contribution in [3.8, 4) is 0 Å². The van der Waals surface area contributed by atoms with E-state index < -0.39 is 18.0 Å². The van der Waals surface area contributed by atoms with E-state index >= 15 is 0 Å². The number of hydrogen-bond acceptors (Lipinski definition) is 4. The molecular weight excluding hydrogens is 261 g/mol. The number of carbonyl (C=O) groups excluding carboxylic acids is 1. The van der Waals surface area contributed by atoms with Gasteiger partial charge >= 0.3 is 6.18 Å². The van der Waals surface area contributed by atoms with E-state index in [9.17, 15) is 18.0 Å². The minimum atomic E-state index is -4.29. The van der Waals surface area contributed by atoms with Gasteiger partial charge in [-0.25, -0.2) is 0 Å². The van der Waals surface area contributed by atoms with E-state index in [0.29, 0.717) is 5.69 Å². The number of carbonyl (C=O) groups is 1. The highest BCUT2D eigenvalue weighted by molar-refractivity contribution is 5.79. The van der Waals surface area contributed by atoms with Gasteiger partial charge in [-0.05, 0) is 18.6 Å². The fourth-order valence-electron chi connectivity index (χ4n) is 2.06. The zero-order valence-corrected chi connectivity index (χ0v) is 9.94. The molecular formula is C11H13F3N4O. The fourth-order valence-corrected chi connectivity index (χ4v) is 2.06. The second-order valence-corrected chi connectivity index (χ2v) is 4.57. The van der Waals surface area contributed by atoms with Crippen LogP contribution in [0, 0.1) is 11.8 Å². The van der Waals surface area contributed by atoms with Gasteiger partial charge < -0.3 is 11.1 Å². The van der Waals surface area contributed by atoms with Gasteiger partial charge in [-0.1, -0.05) is 0 Å². The Morgan fingerprint density at radius 2 is 2.11 bits per heavy atom. The molecule has 1 aliphatic rings. The standard InChI is InChI=1S/C11H13F3N4O/c12-11(13,14)7-3-6(10(19)16-5-7)4-8-1-2-9(15)18-17-8/h1-2,6-7H,3-5H2,(H2,15,18)(H,16,19)/t6?,7-/m0/s1. The third-order valence-electron chi connectivity index (χ3n) is 3.12. The van der Waals surface area contributed by atoms with Gasteiger partial charge in [0.25, 0.3) is 0 Å². The van der Waals surface area contributed by atoms with Gasteiger partial charge in [-0.3, -0.25) is 4.79 Å². The van der Waals surface area contributed by atoms with Crippen LogP contribution in [-0.4, -0.2) is 28.8 Å². The topological polar surface area (TPSA) is 80.9 Å². The van der Waals surface area contributed by atoms with Crippen molar-refractivity contribution in [3.63, 3.8) is 0 Å². The van der Waals surface area contributed by atoms with E-state index in [1.165, 1.54) is 6.07 Å². The molecule has 1 fully saturated rings. The first-order valence-corrected chi connectivity index (χ1v) is 5.79. The number of rotatable bonds is 2. The first-order valence-electron chi connectivity index (χ1n) is 5.79. The Labute approximate surface area is 107 Å². The monoisotopic (exact) mass is 274 g/mol. The van der Waals surface area contributed by atoms with Crippen molar-refractivity contribution in [2.45, 2.75) is 19.0 Å². The Morgan fingerprint density at radius 1 is 1.37 bits per heavy atom. The maximum absolute atomic E-state index is 12.6. The molecule has 2 rings (SSSR count). The van der Waals surface area contributed by atoms with Crippen LogP contribution in [0.25, 0.3) is 0 Å². The molecule has 1 unspecified atom stereocenters. The predicted molar refractivity (Wildman–Crippen MR) is 60.8 cm³/mol. The van der Waals surface area contributed by atoms with Crippen molar-refractivity contribution in [3.05, 3.63) is 17.8 Å². The number of anilines is 1. The van der Waals surface area contributed by atoms with Crippen LogP contribution in [0.2, 0.25) is 0 Å². The number of amides is 1. The lowest BCUT2D eigenvalue weighted by molar-refractivity contribution is -0.183. The molecule has 5 nitrogen and oxygen atoms in total. The summed E-state index contributed by atoms with van der Waals surface area (Å²) >= 11 is 0. The normalized spacial score (nSPS) is 24.1. The molecule has 2 atom stereocenters. The molecule has 0 aromatic carbocycles. The zero-order valence-electron chi connectivity index (χ0n) is 9.94. The summed E-state index contributed by atoms with van der Waals surface area (Å²) in [6, 6.07) is 3.07. The van der Waals surface area contributed by atoms with Crippen LogP contribution < -0.4 is 11.1 Å². The molecule has 3 N–H and O–H groups in total. The highest BCUT2D eigenvalue weighted by Crippen LogP contribution is 2.34. The molecule has 1 aromatic heterocycles. The maximum atomic E-state index is 12.6. The highest BCUT2D eigenvalue weighted by atomic mass is 19.4. The molecule has 1 aliphatic heterocycles. The van der Waals surface area contributed by atoms with Crippen LogP contribution in [0.15, 0.2) is 12.1 Å². The molecule has 0 spiro atoms. The van der Waals surface area contributed by atoms with Gasteiger partial charge in [0.1, 0.15) is 5.82 Å². The molecule has 8 heteroatoms. The summed E-state index contributed by atoms with van der Waals surface area (Å²) in [4.78, 5) is 11.6. The quantitative estimate of drug-likeness (QED) is 0.840. The first-order chi connectivity index (χ1) is 8.86. The van der Waals surface area contributed by atoms with Crippen LogP contribution in [0.4, 0.5) is 19.0 Å². The lowest BCUT2D eigenvalue weighted by Gasteiger charge is -2.30. The van der Waals surface area contributed by atoms with E-state index in [2.05, 4.69) is 15.5 Å². The third kappa shape index (κ3) is 3.33. The fraction of sp³-hybridized carbons (Fsp3) is 0.545. The van der Waals surface area contributed by atoms with Crippen molar-refractivity contribution in [1.82, 2.24) is 15.5 Å². The number of hydrogen-bond donors (Lipinski definition) is 2. The second kappa shape index (κ2) is 5.02. The van der Waals surface area contributed by atoms with Crippen LogP contribution in [0.1, 0.15) is 12.1 Å². The number of nitrogens with one attached hydrogen (secondary N) is 1. The van der Waals surface area contributed by atoms with E-state index in [-0.39, 0.29) is 31.1 Å². The summed E-state index contributed by atoms with van der Waals surface area (Å²) in [5, 5.41) is 9.66. The van der Waals surface area contributed by atoms with E-state index in [1.54, 1.807) is 6.07 Å². The Bertz CT molecular complexity index is 460. The number of nitrogens with two attached hydrogens (primary N) is 1. The Hall–Kier alpha value is -1.86. The van der Waals surface area contributed by atoms with Gasteiger partial charge in [0.05, 0.1) is 11.6 Å². The summed E-state index contributed by atoms with van der Waals surface area (Å²) < 4.78 is 37.9. The van der Waals surface area contributed by atoms with Crippen LogP contribution in [-0.2, 0) is 11.2 Å². The highest BCUT2D eigenvalue weighted by Gasteiger charge is 2.44. The number of nitrogens with zero attached hydrogens (tertiary/aromatic N) is 2. The lowest BCUT2D eigenvalue weighted by atomic mass is 9.86. The number of piperidine rings is 1. The predicted octanol–water partition coefficient (Wildman–Crippen LogP) is 0.916. The Kier molecular flexibility index (Phi) is 3.59. The minimum Gasteiger partial charge on any atom is -0.382 e. The zero-order chi connectivity index (χ0) is 14.0. The summed E-state index contributed by atoms with van der Waals surface area (Å²) in [5.74, 6) is -2.39. The molecule has 1 aromatic rings. The van der Waals surface area contributed by atoms with Crippen molar-refractivity contribution in [2.75, 3.05) is 12.3 Å². The van der Waals surface area contributed by atoms with Crippen LogP contribution in [0.3, 0.4) is 0 Å². The third-order valence-corrected chi connectivity index (χ3v) is 3.12. The van der Waals surface area contributed by atoms with Crippen molar-refractivity contribution < 1.29 is 18.0 Å². The smallest absolute Gasteiger partial charge is 0.382 e. The summed E-state index contributed by atoms with van der Waals surface area (Å²) in [6.45, 7) is -0.355. The van der Waals surface area contributed by atoms with Crippen molar-refractivity contribution >= 4 is 11.7 Å². The SMILES string of the molecule is Nc1ccc(CC2C[C@H](C(F)(F)F)CNC2=O)nn1. The average molecular weight is 274 g/mol. The molecule has 0 saturated carbocycles. The summed E-state index contributed by atoms with van der Waals surface area (Å²) in [6.07, 6.45) is -4.38. The van der Waals surface area contributed by atoms with Crippen molar-refractivity contribution in [2.24, 2.45) is 11.8 Å². The van der Waals surface area contributed by atoms with Crippen molar-refractivity contribution in [1.29, 1.82) is 0 Å². The molecule has 1 amide bonds. The van der Waals surface area contributed by atoms with E-state index in [1.807, 2.05) is 0 Å². The lowest BCUT2D eigenvalue weighted by Crippen LogP contribution is -2.47. The number of nitrogen functional groups attached to an aromatic ring is 1. The second-order valence-electron chi connectivity index (χ2n) is 4.57. The number of halogens is 3. The maximum Gasteiger partial charge on any atom is 0.393 e. The van der Waals surface area contributed by atoms with Gasteiger partial charge in [0.2, 0.25) is 5.91 Å². The van der Waals surface area contributed by atoms with Gasteiger partial charge in [-0.15, -0.1) is 5.10 Å². The molecule has 0 radical (unpaired) electrons. The molecule has 104 valence electrons. The molecule has 1 saturated heterocycles. The molecule has 0 bridgehead atoms. The van der Waals surface area contributed by atoms with E-state index in [4.69, 9.17) is 5.73 Å². The first kappa shape index (κ1) is 13.6. The summed E-state index contributed by atoms with van der Waals surface area (Å²) in [5.41, 5.74) is 5.82. The molecule has 0 aliphatic carbocycles. The van der Waals surface area contributed by atoms with Gasteiger partial charge in [0.15, 0.2) is 0 Å². The largest absolute Gasteiger partial charge is 0.393 e. The Balaban J connectivity index is 2.05. The number of alkyl halides is 3.